The summed E-state index contributed by atoms with van der Waals surface area (Å²) in [4.78, 5) is 2.56. The summed E-state index contributed by atoms with van der Waals surface area (Å²) >= 11 is 0. The predicted molar refractivity (Wildman–Crippen MR) is 84.3 cm³/mol. The van der Waals surface area contributed by atoms with Gasteiger partial charge in [-0.3, -0.25) is 4.90 Å². The van der Waals surface area contributed by atoms with Gasteiger partial charge in [-0.1, -0.05) is 32.0 Å². The van der Waals surface area contributed by atoms with Gasteiger partial charge >= 0.3 is 0 Å². The third-order valence-corrected chi connectivity index (χ3v) is 4.70. The Morgan fingerprint density at radius 1 is 1.35 bits per heavy atom. The first-order chi connectivity index (χ1) is 9.64. The van der Waals surface area contributed by atoms with Crippen molar-refractivity contribution in [1.82, 2.24) is 4.90 Å². The minimum Gasteiger partial charge on any atom is -0.493 e. The molecule has 112 valence electrons. The van der Waals surface area contributed by atoms with Gasteiger partial charge in [0.05, 0.1) is 6.61 Å². The van der Waals surface area contributed by atoms with Crippen LogP contribution in [0.15, 0.2) is 24.3 Å². The van der Waals surface area contributed by atoms with Gasteiger partial charge in [-0.2, -0.15) is 0 Å². The number of rotatable bonds is 7. The van der Waals surface area contributed by atoms with Crippen molar-refractivity contribution in [2.45, 2.75) is 45.1 Å². The monoisotopic (exact) mass is 276 g/mol. The van der Waals surface area contributed by atoms with Crippen LogP contribution in [0, 0.1) is 0 Å². The van der Waals surface area contributed by atoms with Crippen LogP contribution in [0.3, 0.4) is 0 Å². The Bertz CT molecular complexity index is 429. The smallest absolute Gasteiger partial charge is 0.122 e. The molecule has 1 heterocycles. The summed E-state index contributed by atoms with van der Waals surface area (Å²) in [6, 6.07) is 8.41. The lowest BCUT2D eigenvalue weighted by molar-refractivity contribution is 0.0938. The van der Waals surface area contributed by atoms with Crippen molar-refractivity contribution in [3.63, 3.8) is 0 Å². The Morgan fingerprint density at radius 2 is 2.10 bits per heavy atom. The van der Waals surface area contributed by atoms with Crippen LogP contribution in [0.1, 0.15) is 45.1 Å². The lowest BCUT2D eigenvalue weighted by atomic mass is 9.92. The molecule has 0 amide bonds. The molecule has 0 saturated carbocycles. The van der Waals surface area contributed by atoms with E-state index in [1.165, 1.54) is 5.56 Å². The lowest BCUT2D eigenvalue weighted by Gasteiger charge is -2.41. The molecule has 0 spiro atoms. The molecule has 3 nitrogen and oxygen atoms in total. The molecule has 0 aliphatic carbocycles. The second kappa shape index (κ2) is 6.59. The van der Waals surface area contributed by atoms with Gasteiger partial charge in [0, 0.05) is 30.1 Å². The summed E-state index contributed by atoms with van der Waals surface area (Å²) in [5.41, 5.74) is 7.49. The summed E-state index contributed by atoms with van der Waals surface area (Å²) in [7, 11) is 0. The van der Waals surface area contributed by atoms with Gasteiger partial charge in [0.2, 0.25) is 0 Å². The first kappa shape index (κ1) is 15.3. The highest BCUT2D eigenvalue weighted by atomic mass is 16.5. The highest BCUT2D eigenvalue weighted by Gasteiger charge is 2.33. The fourth-order valence-corrected chi connectivity index (χ4v) is 3.00. The van der Waals surface area contributed by atoms with Crippen LogP contribution in [0.25, 0.3) is 0 Å². The topological polar surface area (TPSA) is 38.5 Å². The molecule has 0 saturated heterocycles. The van der Waals surface area contributed by atoms with Crippen molar-refractivity contribution >= 4 is 0 Å². The summed E-state index contributed by atoms with van der Waals surface area (Å²) in [6.07, 6.45) is 2.24. The molecule has 2 rings (SSSR count). The highest BCUT2D eigenvalue weighted by molar-refractivity contribution is 5.39. The Balaban J connectivity index is 2.14. The number of hydrogen-bond donors (Lipinski definition) is 1. The molecule has 0 bridgehead atoms. The molecular formula is C17H28N2O. The third kappa shape index (κ3) is 2.99. The Hall–Kier alpha value is -1.06. The van der Waals surface area contributed by atoms with Gasteiger partial charge in [-0.05, 0) is 32.4 Å². The van der Waals surface area contributed by atoms with Crippen molar-refractivity contribution in [1.29, 1.82) is 0 Å². The van der Waals surface area contributed by atoms with Crippen molar-refractivity contribution < 1.29 is 4.74 Å². The maximum atomic E-state index is 6.04. The Morgan fingerprint density at radius 3 is 2.75 bits per heavy atom. The van der Waals surface area contributed by atoms with Crippen LogP contribution < -0.4 is 10.5 Å². The zero-order valence-corrected chi connectivity index (χ0v) is 13.1. The molecule has 1 aromatic rings. The average Bonchev–Trinajstić information content (AvgIpc) is 2.89. The van der Waals surface area contributed by atoms with Crippen molar-refractivity contribution in [2.75, 3.05) is 26.2 Å². The second-order valence-corrected chi connectivity index (χ2v) is 6.05. The zero-order valence-electron chi connectivity index (χ0n) is 13.1. The largest absolute Gasteiger partial charge is 0.493 e. The minimum absolute atomic E-state index is 0.0908. The molecule has 3 heteroatoms. The maximum absolute atomic E-state index is 6.04. The molecule has 0 aromatic heterocycles. The van der Waals surface area contributed by atoms with Crippen molar-refractivity contribution in [2.24, 2.45) is 5.73 Å². The normalized spacial score (nSPS) is 20.6. The molecule has 0 radical (unpaired) electrons. The van der Waals surface area contributed by atoms with E-state index in [4.69, 9.17) is 10.5 Å². The number of nitrogens with zero attached hydrogens (tertiary/aromatic N) is 1. The van der Waals surface area contributed by atoms with Gasteiger partial charge in [0.15, 0.2) is 0 Å². The fraction of sp³-hybridized carbons (Fsp3) is 0.647. The second-order valence-electron chi connectivity index (χ2n) is 6.05. The van der Waals surface area contributed by atoms with E-state index in [0.717, 1.165) is 38.3 Å². The molecular weight excluding hydrogens is 248 g/mol. The first-order valence-electron chi connectivity index (χ1n) is 7.81. The summed E-state index contributed by atoms with van der Waals surface area (Å²) in [6.45, 7) is 10.4. The molecule has 2 N–H and O–H groups in total. The van der Waals surface area contributed by atoms with E-state index in [1.54, 1.807) is 0 Å². The van der Waals surface area contributed by atoms with E-state index in [1.807, 2.05) is 6.07 Å². The van der Waals surface area contributed by atoms with E-state index in [9.17, 15) is 0 Å². The number of para-hydroxylation sites is 1. The number of hydrogen-bond acceptors (Lipinski definition) is 3. The number of fused-ring (bicyclic) bond motifs is 1. The Labute approximate surface area is 123 Å². The van der Waals surface area contributed by atoms with Crippen LogP contribution >= 0.6 is 0 Å². The van der Waals surface area contributed by atoms with Crippen LogP contribution in [-0.4, -0.2) is 36.7 Å². The Kier molecular flexibility index (Phi) is 5.06. The van der Waals surface area contributed by atoms with Gasteiger partial charge in [0.25, 0.3) is 0 Å². The third-order valence-electron chi connectivity index (χ3n) is 4.70. The number of nitrogens with two attached hydrogens (primary N) is 1. The van der Waals surface area contributed by atoms with Gasteiger partial charge in [-0.25, -0.2) is 0 Å². The van der Waals surface area contributed by atoms with Crippen LogP contribution in [0.4, 0.5) is 0 Å². The molecule has 0 fully saturated rings. The number of ether oxygens (including phenoxy) is 1. The predicted octanol–water partition coefficient (Wildman–Crippen LogP) is 3.00. The number of benzene rings is 1. The van der Waals surface area contributed by atoms with Gasteiger partial charge in [0.1, 0.15) is 5.75 Å². The fourth-order valence-electron chi connectivity index (χ4n) is 3.00. The summed E-state index contributed by atoms with van der Waals surface area (Å²) in [5.74, 6) is 1.52. The average molecular weight is 276 g/mol. The first-order valence-corrected chi connectivity index (χ1v) is 7.81. The molecule has 20 heavy (non-hydrogen) atoms. The van der Waals surface area contributed by atoms with Gasteiger partial charge in [-0.15, -0.1) is 0 Å². The van der Waals surface area contributed by atoms with E-state index in [-0.39, 0.29) is 5.54 Å². The van der Waals surface area contributed by atoms with E-state index >= 15 is 0 Å². The lowest BCUT2D eigenvalue weighted by Crippen LogP contribution is -2.53. The van der Waals surface area contributed by atoms with Crippen molar-refractivity contribution in [3.8, 4) is 5.75 Å². The standard InChI is InChI=1S/C17H28N2O/c1-4-10-19(17(3,5-2)13-18)11-14-12-20-16-9-7-6-8-15(14)16/h6-9,14H,4-5,10-13,18H2,1-3H3. The summed E-state index contributed by atoms with van der Waals surface area (Å²) in [5, 5.41) is 0. The maximum Gasteiger partial charge on any atom is 0.122 e. The molecule has 1 aliphatic heterocycles. The highest BCUT2D eigenvalue weighted by Crippen LogP contribution is 2.35. The van der Waals surface area contributed by atoms with E-state index in [2.05, 4.69) is 43.9 Å². The van der Waals surface area contributed by atoms with E-state index in [0.29, 0.717) is 12.5 Å². The quantitative estimate of drug-likeness (QED) is 0.832. The van der Waals surface area contributed by atoms with E-state index < -0.39 is 0 Å². The molecule has 1 aliphatic rings. The minimum atomic E-state index is 0.0908. The molecule has 2 atom stereocenters. The van der Waals surface area contributed by atoms with Crippen LogP contribution in [0.5, 0.6) is 5.75 Å². The zero-order chi connectivity index (χ0) is 14.6. The van der Waals surface area contributed by atoms with Crippen LogP contribution in [0.2, 0.25) is 0 Å². The van der Waals surface area contributed by atoms with Crippen LogP contribution in [-0.2, 0) is 0 Å². The summed E-state index contributed by atoms with van der Waals surface area (Å²) < 4.78 is 5.81. The van der Waals surface area contributed by atoms with Crippen molar-refractivity contribution in [3.05, 3.63) is 29.8 Å². The molecule has 1 aromatic carbocycles. The van der Waals surface area contributed by atoms with Gasteiger partial charge < -0.3 is 10.5 Å². The molecule has 2 unspecified atom stereocenters. The SMILES string of the molecule is CCCN(CC1COc2ccccc21)C(C)(CC)CN.